The Morgan fingerprint density at radius 2 is 2.04 bits per heavy atom. The quantitative estimate of drug-likeness (QED) is 0.437. The molecule has 2 rings (SSSR count). The van der Waals surface area contributed by atoms with Gasteiger partial charge in [-0.2, -0.15) is 0 Å². The molecule has 0 aliphatic rings. The van der Waals surface area contributed by atoms with E-state index in [1.807, 2.05) is 6.92 Å². The van der Waals surface area contributed by atoms with Crippen molar-refractivity contribution in [2.75, 3.05) is 25.1 Å². The Balaban J connectivity index is 1.95. The van der Waals surface area contributed by atoms with Crippen LogP contribution in [-0.2, 0) is 4.74 Å². The molecule has 0 aliphatic heterocycles. The van der Waals surface area contributed by atoms with Gasteiger partial charge in [0.25, 0.3) is 5.91 Å². The van der Waals surface area contributed by atoms with E-state index in [4.69, 9.17) is 33.3 Å². The topological polar surface area (TPSA) is 72.5 Å². The second kappa shape index (κ2) is 9.93. The average molecular weight is 380 g/mol. The molecule has 0 atom stereocenters. The molecule has 1 aromatic heterocycles. The van der Waals surface area contributed by atoms with Gasteiger partial charge < -0.3 is 14.8 Å². The third-order valence-corrected chi connectivity index (χ3v) is 3.46. The summed E-state index contributed by atoms with van der Waals surface area (Å²) in [5.74, 6) is 0.0992. The zero-order chi connectivity index (χ0) is 18.1. The SMILES string of the molecule is CCOCCOc1ccccc1C(=O)NC(=S)Nc1ccc(Cl)nc1. The van der Waals surface area contributed by atoms with Gasteiger partial charge in [-0.05, 0) is 43.4 Å². The zero-order valence-electron chi connectivity index (χ0n) is 13.6. The maximum Gasteiger partial charge on any atom is 0.261 e. The first kappa shape index (κ1) is 19.1. The maximum absolute atomic E-state index is 12.4. The lowest BCUT2D eigenvalue weighted by Gasteiger charge is -2.13. The van der Waals surface area contributed by atoms with Gasteiger partial charge in [-0.1, -0.05) is 23.7 Å². The fourth-order valence-electron chi connectivity index (χ4n) is 1.92. The number of hydrogen-bond acceptors (Lipinski definition) is 5. The molecule has 1 heterocycles. The number of halogens is 1. The van der Waals surface area contributed by atoms with Crippen LogP contribution < -0.4 is 15.4 Å². The van der Waals surface area contributed by atoms with Gasteiger partial charge in [0.1, 0.15) is 17.5 Å². The summed E-state index contributed by atoms with van der Waals surface area (Å²) in [6, 6.07) is 10.3. The van der Waals surface area contributed by atoms with Gasteiger partial charge in [-0.3, -0.25) is 10.1 Å². The highest BCUT2D eigenvalue weighted by molar-refractivity contribution is 7.80. The van der Waals surface area contributed by atoms with Crippen molar-refractivity contribution in [2.24, 2.45) is 0 Å². The molecular weight excluding hydrogens is 362 g/mol. The number of carbonyl (C=O) groups excluding carboxylic acids is 1. The van der Waals surface area contributed by atoms with Crippen LogP contribution in [0.4, 0.5) is 5.69 Å². The summed E-state index contributed by atoms with van der Waals surface area (Å²) in [4.78, 5) is 16.4. The number of thiocarbonyl (C=S) groups is 1. The molecule has 1 aromatic carbocycles. The Morgan fingerprint density at radius 3 is 2.76 bits per heavy atom. The Kier molecular flexibility index (Phi) is 7.59. The molecule has 6 nitrogen and oxygen atoms in total. The van der Waals surface area contributed by atoms with E-state index >= 15 is 0 Å². The summed E-state index contributed by atoms with van der Waals surface area (Å²) >= 11 is 10.9. The summed E-state index contributed by atoms with van der Waals surface area (Å²) in [5.41, 5.74) is 1.01. The van der Waals surface area contributed by atoms with Crippen molar-refractivity contribution < 1.29 is 14.3 Å². The third-order valence-electron chi connectivity index (χ3n) is 3.03. The summed E-state index contributed by atoms with van der Waals surface area (Å²) in [7, 11) is 0. The van der Waals surface area contributed by atoms with E-state index in [0.717, 1.165) is 0 Å². The third kappa shape index (κ3) is 6.30. The number of rotatable bonds is 7. The number of benzene rings is 1. The van der Waals surface area contributed by atoms with Gasteiger partial charge in [0.05, 0.1) is 24.1 Å². The molecule has 0 saturated carbocycles. The predicted octanol–water partition coefficient (Wildman–Crippen LogP) is 3.28. The molecule has 2 N–H and O–H groups in total. The van der Waals surface area contributed by atoms with Crippen molar-refractivity contribution >= 4 is 40.5 Å². The number of anilines is 1. The van der Waals surface area contributed by atoms with Crippen LogP contribution >= 0.6 is 23.8 Å². The number of nitrogens with zero attached hydrogens (tertiary/aromatic N) is 1. The molecule has 1 amide bonds. The first-order valence-electron chi connectivity index (χ1n) is 7.63. The molecule has 0 fully saturated rings. The molecule has 0 spiro atoms. The highest BCUT2D eigenvalue weighted by Crippen LogP contribution is 2.18. The van der Waals surface area contributed by atoms with Crippen molar-refractivity contribution in [2.45, 2.75) is 6.92 Å². The molecule has 0 saturated heterocycles. The summed E-state index contributed by atoms with van der Waals surface area (Å²) in [6.45, 7) is 3.34. The number of amides is 1. The molecule has 0 unspecified atom stereocenters. The Bertz CT molecular complexity index is 725. The Morgan fingerprint density at radius 1 is 1.24 bits per heavy atom. The standard InChI is InChI=1S/C17H18ClN3O3S/c1-2-23-9-10-24-14-6-4-3-5-13(14)16(22)21-17(25)20-12-7-8-15(18)19-11-12/h3-8,11H,2,9-10H2,1H3,(H2,20,21,22,25). The molecule has 25 heavy (non-hydrogen) atoms. The van der Waals surface area contributed by atoms with Crippen molar-refractivity contribution in [1.82, 2.24) is 10.3 Å². The van der Waals surface area contributed by atoms with Crippen molar-refractivity contribution in [3.05, 3.63) is 53.3 Å². The van der Waals surface area contributed by atoms with Gasteiger partial charge in [0.2, 0.25) is 0 Å². The van der Waals surface area contributed by atoms with Crippen molar-refractivity contribution in [3.63, 3.8) is 0 Å². The lowest BCUT2D eigenvalue weighted by Crippen LogP contribution is -2.34. The van der Waals surface area contributed by atoms with E-state index in [2.05, 4.69) is 15.6 Å². The van der Waals surface area contributed by atoms with Gasteiger partial charge in [0.15, 0.2) is 5.11 Å². The van der Waals surface area contributed by atoms with Gasteiger partial charge in [0, 0.05) is 6.61 Å². The van der Waals surface area contributed by atoms with E-state index in [1.54, 1.807) is 36.4 Å². The average Bonchev–Trinajstić information content (AvgIpc) is 2.61. The monoisotopic (exact) mass is 379 g/mol. The van der Waals surface area contributed by atoms with Crippen LogP contribution in [0.5, 0.6) is 5.75 Å². The first-order valence-corrected chi connectivity index (χ1v) is 8.42. The Hall–Kier alpha value is -2.22. The number of hydrogen-bond donors (Lipinski definition) is 2. The van der Waals surface area contributed by atoms with Crippen LogP contribution in [0.2, 0.25) is 5.15 Å². The molecule has 2 aromatic rings. The zero-order valence-corrected chi connectivity index (χ0v) is 15.2. The van der Waals surface area contributed by atoms with Crippen LogP contribution in [0.25, 0.3) is 0 Å². The van der Waals surface area contributed by atoms with E-state index < -0.39 is 0 Å². The number of aromatic nitrogens is 1. The number of ether oxygens (including phenoxy) is 2. The summed E-state index contributed by atoms with van der Waals surface area (Å²) in [5, 5.41) is 6.00. The lowest BCUT2D eigenvalue weighted by molar-refractivity contribution is 0.0958. The van der Waals surface area contributed by atoms with Crippen LogP contribution in [0.15, 0.2) is 42.6 Å². The minimum absolute atomic E-state index is 0.151. The highest BCUT2D eigenvalue weighted by Gasteiger charge is 2.13. The van der Waals surface area contributed by atoms with Gasteiger partial charge in [-0.25, -0.2) is 4.98 Å². The van der Waals surface area contributed by atoms with Gasteiger partial charge >= 0.3 is 0 Å². The highest BCUT2D eigenvalue weighted by atomic mass is 35.5. The molecule has 0 aliphatic carbocycles. The van der Waals surface area contributed by atoms with E-state index in [9.17, 15) is 4.79 Å². The summed E-state index contributed by atoms with van der Waals surface area (Å²) in [6.07, 6.45) is 1.52. The second-order valence-electron chi connectivity index (χ2n) is 4.82. The maximum atomic E-state index is 12.4. The molecule has 0 bridgehead atoms. The fourth-order valence-corrected chi connectivity index (χ4v) is 2.24. The van der Waals surface area contributed by atoms with E-state index in [1.165, 1.54) is 6.20 Å². The first-order chi connectivity index (χ1) is 12.1. The molecular formula is C17H18ClN3O3S. The van der Waals surface area contributed by atoms with Crippen LogP contribution in [-0.4, -0.2) is 35.8 Å². The minimum atomic E-state index is -0.369. The number of nitrogens with one attached hydrogen (secondary N) is 2. The molecule has 132 valence electrons. The molecule has 8 heteroatoms. The minimum Gasteiger partial charge on any atom is -0.490 e. The fraction of sp³-hybridized carbons (Fsp3) is 0.235. The lowest BCUT2D eigenvalue weighted by atomic mass is 10.2. The van der Waals surface area contributed by atoms with Gasteiger partial charge in [-0.15, -0.1) is 0 Å². The number of carbonyl (C=O) groups is 1. The van der Waals surface area contributed by atoms with Crippen LogP contribution in [0.3, 0.4) is 0 Å². The number of para-hydroxylation sites is 1. The van der Waals surface area contributed by atoms with Crippen molar-refractivity contribution in [1.29, 1.82) is 0 Å². The largest absolute Gasteiger partial charge is 0.490 e. The predicted molar refractivity (Wildman–Crippen MR) is 101 cm³/mol. The number of pyridine rings is 1. The smallest absolute Gasteiger partial charge is 0.261 e. The molecule has 0 radical (unpaired) electrons. The van der Waals surface area contributed by atoms with E-state index in [-0.39, 0.29) is 11.0 Å². The van der Waals surface area contributed by atoms with E-state index in [0.29, 0.717) is 42.0 Å². The van der Waals surface area contributed by atoms with Crippen LogP contribution in [0.1, 0.15) is 17.3 Å². The Labute approximate surface area is 156 Å². The normalized spacial score (nSPS) is 10.2. The van der Waals surface area contributed by atoms with Crippen molar-refractivity contribution in [3.8, 4) is 5.75 Å². The second-order valence-corrected chi connectivity index (χ2v) is 5.61. The summed E-state index contributed by atoms with van der Waals surface area (Å²) < 4.78 is 10.8. The van der Waals surface area contributed by atoms with Crippen LogP contribution in [0, 0.1) is 0 Å².